The molecule has 0 bridgehead atoms. The van der Waals surface area contributed by atoms with E-state index in [1.54, 1.807) is 18.2 Å². The van der Waals surface area contributed by atoms with Gasteiger partial charge >= 0.3 is 5.97 Å². The highest BCUT2D eigenvalue weighted by Crippen LogP contribution is 2.07. The van der Waals surface area contributed by atoms with Crippen LogP contribution in [0.1, 0.15) is 26.7 Å². The van der Waals surface area contributed by atoms with Crippen molar-refractivity contribution in [2.45, 2.75) is 37.6 Å². The van der Waals surface area contributed by atoms with E-state index < -0.39 is 27.9 Å². The summed E-state index contributed by atoms with van der Waals surface area (Å²) in [4.78, 5) is 22.9. The van der Waals surface area contributed by atoms with E-state index in [9.17, 15) is 18.0 Å². The van der Waals surface area contributed by atoms with Crippen molar-refractivity contribution in [3.05, 3.63) is 30.3 Å². The van der Waals surface area contributed by atoms with Gasteiger partial charge in [0.05, 0.1) is 4.90 Å². The first-order valence-electron chi connectivity index (χ1n) is 7.29. The van der Waals surface area contributed by atoms with Gasteiger partial charge in [0.2, 0.25) is 15.9 Å². The number of amides is 1. The smallest absolute Gasteiger partial charge is 0.326 e. The molecule has 1 amide bonds. The first-order valence-corrected chi connectivity index (χ1v) is 8.77. The van der Waals surface area contributed by atoms with Crippen molar-refractivity contribution < 1.29 is 23.1 Å². The van der Waals surface area contributed by atoms with Crippen LogP contribution < -0.4 is 10.0 Å². The monoisotopic (exact) mass is 342 g/mol. The third kappa shape index (κ3) is 6.79. The van der Waals surface area contributed by atoms with Crippen molar-refractivity contribution in [2.24, 2.45) is 5.92 Å². The molecule has 128 valence electrons. The Kier molecular flexibility index (Phi) is 7.18. The second-order valence-electron chi connectivity index (χ2n) is 5.55. The van der Waals surface area contributed by atoms with Crippen LogP contribution in [0.2, 0.25) is 0 Å². The Morgan fingerprint density at radius 1 is 1.17 bits per heavy atom. The molecule has 0 aliphatic carbocycles. The van der Waals surface area contributed by atoms with E-state index >= 15 is 0 Å². The summed E-state index contributed by atoms with van der Waals surface area (Å²) in [5.41, 5.74) is 0. The zero-order chi connectivity index (χ0) is 17.5. The van der Waals surface area contributed by atoms with E-state index in [2.05, 4.69) is 10.0 Å². The van der Waals surface area contributed by atoms with Crippen LogP contribution in [0.25, 0.3) is 0 Å². The van der Waals surface area contributed by atoms with Crippen LogP contribution in [0, 0.1) is 5.92 Å². The summed E-state index contributed by atoms with van der Waals surface area (Å²) in [6.07, 6.45) is 0.185. The molecule has 0 spiro atoms. The van der Waals surface area contributed by atoms with E-state index in [0.717, 1.165) is 0 Å². The molecule has 0 radical (unpaired) electrons. The molecule has 1 unspecified atom stereocenters. The quantitative estimate of drug-likeness (QED) is 0.619. The van der Waals surface area contributed by atoms with Gasteiger partial charge < -0.3 is 10.4 Å². The Labute approximate surface area is 136 Å². The molecule has 0 aromatic heterocycles. The summed E-state index contributed by atoms with van der Waals surface area (Å²) in [5, 5.41) is 11.4. The fourth-order valence-electron chi connectivity index (χ4n) is 1.94. The number of hydrogen-bond donors (Lipinski definition) is 3. The lowest BCUT2D eigenvalue weighted by atomic mass is 10.0. The van der Waals surface area contributed by atoms with Crippen LogP contribution >= 0.6 is 0 Å². The van der Waals surface area contributed by atoms with Crippen LogP contribution in [0.4, 0.5) is 0 Å². The van der Waals surface area contributed by atoms with Crippen LogP contribution in [0.15, 0.2) is 35.2 Å². The largest absolute Gasteiger partial charge is 0.480 e. The summed E-state index contributed by atoms with van der Waals surface area (Å²) in [5.74, 6) is -1.49. The van der Waals surface area contributed by atoms with Gasteiger partial charge in [-0.25, -0.2) is 17.9 Å². The number of carboxylic acid groups (broad SMARTS) is 1. The number of hydrogen-bond acceptors (Lipinski definition) is 4. The maximum absolute atomic E-state index is 12.0. The molecule has 0 heterocycles. The Morgan fingerprint density at radius 2 is 1.78 bits per heavy atom. The van der Waals surface area contributed by atoms with Crippen molar-refractivity contribution in [2.75, 3.05) is 6.54 Å². The molecule has 1 atom stereocenters. The molecule has 3 N–H and O–H groups in total. The van der Waals surface area contributed by atoms with Gasteiger partial charge in [-0.15, -0.1) is 0 Å². The summed E-state index contributed by atoms with van der Waals surface area (Å²) < 4.78 is 26.2. The Balaban J connectivity index is 2.49. The molecule has 23 heavy (non-hydrogen) atoms. The fourth-order valence-corrected chi connectivity index (χ4v) is 2.99. The molecule has 8 heteroatoms. The van der Waals surface area contributed by atoms with Crippen molar-refractivity contribution in [3.63, 3.8) is 0 Å². The highest BCUT2D eigenvalue weighted by Gasteiger charge is 2.21. The minimum atomic E-state index is -3.67. The summed E-state index contributed by atoms with van der Waals surface area (Å²) in [6.45, 7) is 3.61. The van der Waals surface area contributed by atoms with Gasteiger partial charge in [-0.3, -0.25) is 4.79 Å². The average molecular weight is 342 g/mol. The van der Waals surface area contributed by atoms with Gasteiger partial charge in [-0.2, -0.15) is 0 Å². The normalized spacial score (nSPS) is 12.8. The Hall–Kier alpha value is -1.93. The highest BCUT2D eigenvalue weighted by atomic mass is 32.2. The van der Waals surface area contributed by atoms with Crippen molar-refractivity contribution in [3.8, 4) is 0 Å². The number of carbonyl (C=O) groups excluding carboxylic acids is 1. The van der Waals surface area contributed by atoms with E-state index in [-0.39, 0.29) is 23.8 Å². The second-order valence-corrected chi connectivity index (χ2v) is 7.32. The third-order valence-electron chi connectivity index (χ3n) is 3.04. The van der Waals surface area contributed by atoms with E-state index in [1.807, 2.05) is 13.8 Å². The van der Waals surface area contributed by atoms with Crippen LogP contribution in [-0.4, -0.2) is 38.0 Å². The third-order valence-corrected chi connectivity index (χ3v) is 4.52. The number of carbonyl (C=O) groups is 2. The number of benzene rings is 1. The summed E-state index contributed by atoms with van der Waals surface area (Å²) in [7, 11) is -3.67. The SMILES string of the molecule is CC(C)CC(NC(=O)CCNS(=O)(=O)c1ccccc1)C(=O)O. The fraction of sp³-hybridized carbons (Fsp3) is 0.467. The minimum Gasteiger partial charge on any atom is -0.480 e. The van der Waals surface area contributed by atoms with Gasteiger partial charge in [0.1, 0.15) is 6.04 Å². The average Bonchev–Trinajstić information content (AvgIpc) is 2.46. The molecule has 7 nitrogen and oxygen atoms in total. The van der Waals surface area contributed by atoms with Crippen molar-refractivity contribution >= 4 is 21.9 Å². The number of rotatable bonds is 9. The maximum atomic E-state index is 12.0. The molecule has 0 aliphatic rings. The summed E-state index contributed by atoms with van der Waals surface area (Å²) >= 11 is 0. The van der Waals surface area contributed by atoms with Crippen molar-refractivity contribution in [1.29, 1.82) is 0 Å². The number of nitrogens with one attached hydrogen (secondary N) is 2. The highest BCUT2D eigenvalue weighted by molar-refractivity contribution is 7.89. The molecule has 1 rings (SSSR count). The predicted molar refractivity (Wildman–Crippen MR) is 85.3 cm³/mol. The van der Waals surface area contributed by atoms with E-state index in [0.29, 0.717) is 6.42 Å². The zero-order valence-corrected chi connectivity index (χ0v) is 14.0. The van der Waals surface area contributed by atoms with Gasteiger partial charge in [-0.1, -0.05) is 32.0 Å². The van der Waals surface area contributed by atoms with Gasteiger partial charge in [-0.05, 0) is 24.5 Å². The van der Waals surface area contributed by atoms with Crippen LogP contribution in [0.5, 0.6) is 0 Å². The van der Waals surface area contributed by atoms with E-state index in [4.69, 9.17) is 5.11 Å². The first-order chi connectivity index (χ1) is 10.7. The Morgan fingerprint density at radius 3 is 2.30 bits per heavy atom. The standard InChI is InChI=1S/C15H22N2O5S/c1-11(2)10-13(15(19)20)17-14(18)8-9-16-23(21,22)12-6-4-3-5-7-12/h3-7,11,13,16H,8-10H2,1-2H3,(H,17,18)(H,19,20). The molecule has 0 saturated carbocycles. The lowest BCUT2D eigenvalue weighted by Crippen LogP contribution is -2.42. The van der Waals surface area contributed by atoms with Gasteiger partial charge in [0.25, 0.3) is 0 Å². The number of carboxylic acids is 1. The Bertz CT molecular complexity index is 629. The molecule has 1 aromatic carbocycles. The molecule has 0 fully saturated rings. The van der Waals surface area contributed by atoms with E-state index in [1.165, 1.54) is 12.1 Å². The first kappa shape index (κ1) is 19.1. The maximum Gasteiger partial charge on any atom is 0.326 e. The van der Waals surface area contributed by atoms with Crippen LogP contribution in [0.3, 0.4) is 0 Å². The predicted octanol–water partition coefficient (Wildman–Crippen LogP) is 0.970. The molecular weight excluding hydrogens is 320 g/mol. The second kappa shape index (κ2) is 8.64. The lowest BCUT2D eigenvalue weighted by molar-refractivity contribution is -0.142. The van der Waals surface area contributed by atoms with Gasteiger partial charge in [0.15, 0.2) is 0 Å². The lowest BCUT2D eigenvalue weighted by Gasteiger charge is -2.16. The molecule has 0 saturated heterocycles. The van der Waals surface area contributed by atoms with Gasteiger partial charge in [0, 0.05) is 13.0 Å². The summed E-state index contributed by atoms with van der Waals surface area (Å²) in [6, 6.07) is 6.84. The zero-order valence-electron chi connectivity index (χ0n) is 13.2. The topological polar surface area (TPSA) is 113 Å². The molecular formula is C15H22N2O5S. The van der Waals surface area contributed by atoms with Crippen molar-refractivity contribution in [1.82, 2.24) is 10.0 Å². The number of sulfonamides is 1. The minimum absolute atomic E-state index is 0.100. The number of aliphatic carboxylic acids is 1. The van der Waals surface area contributed by atoms with Crippen LogP contribution in [-0.2, 0) is 19.6 Å². The molecule has 0 aliphatic heterocycles. The molecule has 1 aromatic rings.